The molecule has 2 aromatic rings. The standard InChI is InChI=1S/C34H55N3O11/c1-36(30(44)14-9-23-7-12-25(13-8-23)24-10-5-22(6-11-24)4-2-3-15-35)16-17-37(18-26(40)31(45)33(47)28(42)20-38)19-27(41)32(46)34(48)29(43)21-39/h5-8,10-13,26-29,31-34,38-43,45-48H,2-4,9,14-21,35H2,1H3/t26-,27-,28+,29+,31+,32+,33+,34+/m0/s1. The van der Waals surface area contributed by atoms with Crippen LogP contribution in [-0.4, -0.2) is 169 Å². The highest BCUT2D eigenvalue weighted by molar-refractivity contribution is 5.76. The zero-order chi connectivity index (χ0) is 35.8. The quantitative estimate of drug-likeness (QED) is 0.0531. The number of amides is 1. The topological polar surface area (TPSA) is 252 Å². The largest absolute Gasteiger partial charge is 0.394 e. The lowest BCUT2D eigenvalue weighted by atomic mass is 9.99. The number of unbranched alkanes of at least 4 members (excludes halogenated alkanes) is 1. The van der Waals surface area contributed by atoms with Gasteiger partial charge in [0.2, 0.25) is 5.91 Å². The number of carbonyl (C=O) groups is 1. The molecular weight excluding hydrogens is 626 g/mol. The number of aliphatic hydroxyl groups is 10. The number of aryl methyl sites for hydroxylation is 2. The highest BCUT2D eigenvalue weighted by atomic mass is 16.4. The van der Waals surface area contributed by atoms with Gasteiger partial charge < -0.3 is 61.7 Å². The minimum absolute atomic E-state index is 0.00754. The molecule has 48 heavy (non-hydrogen) atoms. The van der Waals surface area contributed by atoms with E-state index in [-0.39, 0.29) is 25.4 Å². The van der Waals surface area contributed by atoms with Gasteiger partial charge in [0.25, 0.3) is 0 Å². The van der Waals surface area contributed by atoms with Gasteiger partial charge in [-0.1, -0.05) is 48.5 Å². The summed E-state index contributed by atoms with van der Waals surface area (Å²) in [4.78, 5) is 15.7. The normalized spacial score (nSPS) is 16.9. The fraction of sp³-hybridized carbons (Fsp3) is 0.618. The Kier molecular flexibility index (Phi) is 18.6. The first kappa shape index (κ1) is 41.6. The number of nitrogens with zero attached hydrogens (tertiary/aromatic N) is 2. The molecule has 0 unspecified atom stereocenters. The van der Waals surface area contributed by atoms with Crippen molar-refractivity contribution in [2.24, 2.45) is 5.73 Å². The van der Waals surface area contributed by atoms with Crippen LogP contribution in [-0.2, 0) is 17.6 Å². The van der Waals surface area contributed by atoms with Gasteiger partial charge in [-0.15, -0.1) is 0 Å². The lowest BCUT2D eigenvalue weighted by Crippen LogP contribution is -2.54. The Balaban J connectivity index is 1.98. The smallest absolute Gasteiger partial charge is 0.222 e. The summed E-state index contributed by atoms with van der Waals surface area (Å²) in [7, 11) is 1.57. The fourth-order valence-corrected chi connectivity index (χ4v) is 5.19. The van der Waals surface area contributed by atoms with E-state index < -0.39 is 75.1 Å². The van der Waals surface area contributed by atoms with Gasteiger partial charge in [-0.2, -0.15) is 0 Å². The summed E-state index contributed by atoms with van der Waals surface area (Å²) in [5.74, 6) is -0.187. The Morgan fingerprint density at radius 3 is 1.46 bits per heavy atom. The highest BCUT2D eigenvalue weighted by Gasteiger charge is 2.34. The van der Waals surface area contributed by atoms with Gasteiger partial charge >= 0.3 is 0 Å². The second kappa shape index (κ2) is 21.5. The lowest BCUT2D eigenvalue weighted by Gasteiger charge is -2.34. The molecule has 0 heterocycles. The first-order valence-electron chi connectivity index (χ1n) is 16.3. The Hall–Kier alpha value is -2.57. The molecule has 0 radical (unpaired) electrons. The average molecular weight is 682 g/mol. The number of likely N-dealkylation sites (N-methyl/N-ethyl adjacent to an activating group) is 1. The van der Waals surface area contributed by atoms with E-state index >= 15 is 0 Å². The zero-order valence-corrected chi connectivity index (χ0v) is 27.6. The molecule has 0 saturated carbocycles. The molecule has 2 rings (SSSR count). The van der Waals surface area contributed by atoms with Crippen molar-refractivity contribution in [3.63, 3.8) is 0 Å². The maximum absolute atomic E-state index is 13.0. The summed E-state index contributed by atoms with van der Waals surface area (Å²) in [6.45, 7) is -1.77. The van der Waals surface area contributed by atoms with E-state index in [0.717, 1.165) is 36.0 Å². The summed E-state index contributed by atoms with van der Waals surface area (Å²) in [6, 6.07) is 16.4. The molecular formula is C34H55N3O11. The van der Waals surface area contributed by atoms with Crippen molar-refractivity contribution in [2.45, 2.75) is 80.9 Å². The van der Waals surface area contributed by atoms with Crippen LogP contribution >= 0.6 is 0 Å². The van der Waals surface area contributed by atoms with E-state index in [1.165, 1.54) is 15.4 Å². The van der Waals surface area contributed by atoms with Gasteiger partial charge in [0, 0.05) is 39.6 Å². The predicted molar refractivity (Wildman–Crippen MR) is 178 cm³/mol. The minimum atomic E-state index is -1.89. The molecule has 1 amide bonds. The van der Waals surface area contributed by atoms with Crippen LogP contribution in [0.1, 0.15) is 30.4 Å². The minimum Gasteiger partial charge on any atom is -0.394 e. The molecule has 0 fully saturated rings. The van der Waals surface area contributed by atoms with Gasteiger partial charge in [-0.05, 0) is 54.5 Å². The summed E-state index contributed by atoms with van der Waals surface area (Å²) in [6.07, 6.45) is -10.7. The average Bonchev–Trinajstić information content (AvgIpc) is 3.11. The predicted octanol–water partition coefficient (Wildman–Crippen LogP) is -2.80. The number of hydrogen-bond acceptors (Lipinski definition) is 13. The van der Waals surface area contributed by atoms with Crippen molar-refractivity contribution >= 4 is 5.91 Å². The van der Waals surface area contributed by atoms with E-state index in [4.69, 9.17) is 15.9 Å². The molecule has 2 aromatic carbocycles. The summed E-state index contributed by atoms with van der Waals surface area (Å²) in [5, 5.41) is 98.9. The van der Waals surface area contributed by atoms with Crippen LogP contribution in [0.5, 0.6) is 0 Å². The number of rotatable bonds is 23. The maximum Gasteiger partial charge on any atom is 0.222 e. The molecule has 0 bridgehead atoms. The van der Waals surface area contributed by atoms with E-state index in [1.807, 2.05) is 24.3 Å². The number of benzene rings is 2. The van der Waals surface area contributed by atoms with E-state index in [2.05, 4.69) is 24.3 Å². The van der Waals surface area contributed by atoms with E-state index in [1.54, 1.807) is 7.05 Å². The zero-order valence-electron chi connectivity index (χ0n) is 27.6. The van der Waals surface area contributed by atoms with E-state index in [0.29, 0.717) is 13.0 Å². The van der Waals surface area contributed by atoms with Crippen molar-refractivity contribution in [2.75, 3.05) is 53.0 Å². The van der Waals surface area contributed by atoms with Gasteiger partial charge in [-0.25, -0.2) is 0 Å². The molecule has 14 heteroatoms. The lowest BCUT2D eigenvalue weighted by molar-refractivity contribution is -0.133. The maximum atomic E-state index is 13.0. The second-order valence-electron chi connectivity index (χ2n) is 12.3. The summed E-state index contributed by atoms with van der Waals surface area (Å²) >= 11 is 0. The summed E-state index contributed by atoms with van der Waals surface area (Å²) in [5.41, 5.74) is 9.98. The molecule has 14 nitrogen and oxygen atoms in total. The molecule has 0 saturated heterocycles. The third-order valence-electron chi connectivity index (χ3n) is 8.51. The van der Waals surface area contributed by atoms with Gasteiger partial charge in [-0.3, -0.25) is 9.69 Å². The van der Waals surface area contributed by atoms with Crippen molar-refractivity contribution in [1.29, 1.82) is 0 Å². The van der Waals surface area contributed by atoms with Crippen molar-refractivity contribution in [1.82, 2.24) is 9.80 Å². The molecule has 0 aliphatic rings. The molecule has 0 aromatic heterocycles. The van der Waals surface area contributed by atoms with Crippen LogP contribution in [0.3, 0.4) is 0 Å². The fourth-order valence-electron chi connectivity index (χ4n) is 5.19. The Morgan fingerprint density at radius 2 is 1.04 bits per heavy atom. The molecule has 0 aliphatic heterocycles. The van der Waals surface area contributed by atoms with Crippen LogP contribution in [0.2, 0.25) is 0 Å². The third kappa shape index (κ3) is 13.4. The SMILES string of the molecule is CN(CCN(C[C@H](O)[C@@H](O)[C@H](O)[C@H](O)CO)C[C@H](O)[C@@H](O)[C@H](O)[C@H](O)CO)C(=O)CCc1ccc(-c2ccc(CCCCN)cc2)cc1. The Morgan fingerprint density at radius 1 is 0.625 bits per heavy atom. The monoisotopic (exact) mass is 681 g/mol. The van der Waals surface area contributed by atoms with Crippen LogP contribution in [0, 0.1) is 0 Å². The third-order valence-corrected chi connectivity index (χ3v) is 8.51. The van der Waals surface area contributed by atoms with Crippen LogP contribution in [0.25, 0.3) is 11.1 Å². The molecule has 8 atom stereocenters. The second-order valence-corrected chi connectivity index (χ2v) is 12.3. The van der Waals surface area contributed by atoms with Crippen LogP contribution in [0.4, 0.5) is 0 Å². The number of carbonyl (C=O) groups excluding carboxylic acids is 1. The number of nitrogens with two attached hydrogens (primary N) is 1. The summed E-state index contributed by atoms with van der Waals surface area (Å²) < 4.78 is 0. The first-order valence-corrected chi connectivity index (χ1v) is 16.3. The molecule has 0 aliphatic carbocycles. The number of hydrogen-bond donors (Lipinski definition) is 11. The molecule has 0 spiro atoms. The van der Waals surface area contributed by atoms with Crippen molar-refractivity contribution in [3.8, 4) is 11.1 Å². The van der Waals surface area contributed by atoms with E-state index in [9.17, 15) is 45.6 Å². The highest BCUT2D eigenvalue weighted by Crippen LogP contribution is 2.22. The Bertz CT molecular complexity index is 1140. The number of aliphatic hydroxyl groups excluding tert-OH is 10. The van der Waals surface area contributed by atoms with Crippen LogP contribution < -0.4 is 5.73 Å². The van der Waals surface area contributed by atoms with Gasteiger partial charge in [0.05, 0.1) is 25.4 Å². The Labute approximate surface area is 281 Å². The van der Waals surface area contributed by atoms with Crippen LogP contribution in [0.15, 0.2) is 48.5 Å². The molecule has 272 valence electrons. The van der Waals surface area contributed by atoms with Gasteiger partial charge in [0.1, 0.15) is 36.6 Å². The van der Waals surface area contributed by atoms with Crippen molar-refractivity contribution < 1.29 is 55.9 Å². The molecule has 12 N–H and O–H groups in total. The van der Waals surface area contributed by atoms with Gasteiger partial charge in [0.15, 0.2) is 0 Å². The first-order chi connectivity index (χ1) is 22.8. The van der Waals surface area contributed by atoms with Crippen molar-refractivity contribution in [3.05, 3.63) is 59.7 Å².